The summed E-state index contributed by atoms with van der Waals surface area (Å²) < 4.78 is 22.8. The van der Waals surface area contributed by atoms with Gasteiger partial charge < -0.3 is 10.4 Å². The number of aryl methyl sites for hydroxylation is 2. The number of carbonyl (C=O) groups excluding carboxylic acids is 1. The molecule has 1 heterocycles. The third-order valence-electron chi connectivity index (χ3n) is 3.56. The highest BCUT2D eigenvalue weighted by atomic mass is 32.2. The van der Waals surface area contributed by atoms with E-state index >= 15 is 0 Å². The minimum absolute atomic E-state index is 0.00372. The largest absolute Gasteiger partial charge is 0.478 e. The number of carboxylic acids is 1. The maximum absolute atomic E-state index is 12.1. The fraction of sp³-hybridized carbons (Fsp3) is 0.429. The van der Waals surface area contributed by atoms with E-state index in [2.05, 4.69) is 5.32 Å². The van der Waals surface area contributed by atoms with Crippen LogP contribution in [0.25, 0.3) is 0 Å². The zero-order valence-corrected chi connectivity index (χ0v) is 12.7. The van der Waals surface area contributed by atoms with Gasteiger partial charge in [-0.2, -0.15) is 0 Å². The number of hydrogen-bond donors (Lipinski definition) is 2. The van der Waals surface area contributed by atoms with Gasteiger partial charge in [0.1, 0.15) is 0 Å². The van der Waals surface area contributed by atoms with Gasteiger partial charge >= 0.3 is 5.97 Å². The van der Waals surface area contributed by atoms with Crippen molar-refractivity contribution in [2.45, 2.75) is 20.3 Å². The summed E-state index contributed by atoms with van der Waals surface area (Å²) in [6.45, 7) is 3.48. The van der Waals surface area contributed by atoms with Gasteiger partial charge in [0.15, 0.2) is 9.84 Å². The molecule has 2 N–H and O–H groups in total. The lowest BCUT2D eigenvalue weighted by molar-refractivity contribution is -0.119. The Labute approximate surface area is 123 Å². The topological polar surface area (TPSA) is 101 Å². The number of carboxylic acid groups (broad SMARTS) is 1. The monoisotopic (exact) mass is 311 g/mol. The molecule has 1 aliphatic heterocycles. The number of nitrogens with one attached hydrogen (secondary N) is 1. The van der Waals surface area contributed by atoms with Crippen LogP contribution in [0.15, 0.2) is 12.1 Å². The molecule has 7 heteroatoms. The second kappa shape index (κ2) is 5.48. The van der Waals surface area contributed by atoms with Crippen LogP contribution < -0.4 is 5.32 Å². The number of carbonyl (C=O) groups is 2. The smallest absolute Gasteiger partial charge is 0.337 e. The maximum atomic E-state index is 12.1. The summed E-state index contributed by atoms with van der Waals surface area (Å²) >= 11 is 0. The first-order valence-electron chi connectivity index (χ1n) is 6.55. The summed E-state index contributed by atoms with van der Waals surface area (Å²) in [4.78, 5) is 23.4. The Bertz CT molecular complexity index is 708. The highest BCUT2D eigenvalue weighted by molar-refractivity contribution is 7.91. The van der Waals surface area contributed by atoms with Crippen LogP contribution in [0, 0.1) is 19.8 Å². The molecular formula is C14H17NO5S. The van der Waals surface area contributed by atoms with Gasteiger partial charge in [-0.3, -0.25) is 4.79 Å². The van der Waals surface area contributed by atoms with E-state index in [1.807, 2.05) is 0 Å². The van der Waals surface area contributed by atoms with Gasteiger partial charge in [-0.1, -0.05) is 6.07 Å². The summed E-state index contributed by atoms with van der Waals surface area (Å²) in [7, 11) is -3.15. The van der Waals surface area contributed by atoms with Crippen molar-refractivity contribution in [3.63, 3.8) is 0 Å². The third kappa shape index (κ3) is 3.41. The second-order valence-corrected chi connectivity index (χ2v) is 7.63. The molecule has 0 radical (unpaired) electrons. The highest BCUT2D eigenvalue weighted by Gasteiger charge is 2.33. The molecule has 0 saturated carbocycles. The average molecular weight is 311 g/mol. The lowest BCUT2D eigenvalue weighted by atomic mass is 10.0. The van der Waals surface area contributed by atoms with E-state index < -0.39 is 27.6 Å². The van der Waals surface area contributed by atoms with Crippen molar-refractivity contribution < 1.29 is 23.1 Å². The lowest BCUT2D eigenvalue weighted by Crippen LogP contribution is -2.25. The van der Waals surface area contributed by atoms with E-state index in [4.69, 9.17) is 0 Å². The van der Waals surface area contributed by atoms with Crippen molar-refractivity contribution in [1.29, 1.82) is 0 Å². The van der Waals surface area contributed by atoms with Crippen molar-refractivity contribution in [3.05, 3.63) is 28.8 Å². The summed E-state index contributed by atoms with van der Waals surface area (Å²) in [5.74, 6) is -2.35. The highest BCUT2D eigenvalue weighted by Crippen LogP contribution is 2.26. The molecular weight excluding hydrogens is 294 g/mol. The molecule has 2 rings (SSSR count). The first-order valence-corrected chi connectivity index (χ1v) is 8.37. The average Bonchev–Trinajstić information content (AvgIpc) is 2.72. The van der Waals surface area contributed by atoms with Crippen LogP contribution in [0.2, 0.25) is 0 Å². The number of aromatic carboxylic acids is 1. The standard InChI is InChI=1S/C14H17NO5S/c1-8-5-9(2)12(11(6-8)14(17)18)15-13(16)10-3-4-21(19,20)7-10/h5-6,10H,3-4,7H2,1-2H3,(H,15,16)(H,17,18). The fourth-order valence-electron chi connectivity index (χ4n) is 2.53. The van der Waals surface area contributed by atoms with E-state index in [0.29, 0.717) is 5.56 Å². The number of benzene rings is 1. The first-order chi connectivity index (χ1) is 9.69. The minimum atomic E-state index is -3.15. The van der Waals surface area contributed by atoms with E-state index in [1.54, 1.807) is 19.9 Å². The summed E-state index contributed by atoms with van der Waals surface area (Å²) in [6, 6.07) is 3.25. The number of amides is 1. The van der Waals surface area contributed by atoms with Gasteiger partial charge in [0, 0.05) is 0 Å². The SMILES string of the molecule is Cc1cc(C)c(NC(=O)C2CCS(=O)(=O)C2)c(C(=O)O)c1. The molecule has 0 bridgehead atoms. The van der Waals surface area contributed by atoms with Crippen molar-refractivity contribution in [2.24, 2.45) is 5.92 Å². The maximum Gasteiger partial charge on any atom is 0.337 e. The van der Waals surface area contributed by atoms with Gasteiger partial charge in [0.2, 0.25) is 5.91 Å². The number of sulfone groups is 1. The van der Waals surface area contributed by atoms with E-state index in [-0.39, 0.29) is 29.2 Å². The number of anilines is 1. The first kappa shape index (κ1) is 15.5. The van der Waals surface area contributed by atoms with Gasteiger partial charge in [-0.15, -0.1) is 0 Å². The Hall–Kier alpha value is -1.89. The molecule has 0 aromatic heterocycles. The van der Waals surface area contributed by atoms with Crippen molar-refractivity contribution in [1.82, 2.24) is 0 Å². The summed E-state index contributed by atoms with van der Waals surface area (Å²) in [6.07, 6.45) is 0.279. The minimum Gasteiger partial charge on any atom is -0.478 e. The molecule has 1 aliphatic rings. The fourth-order valence-corrected chi connectivity index (χ4v) is 4.27. The second-order valence-electron chi connectivity index (χ2n) is 5.40. The molecule has 1 aromatic rings. The lowest BCUT2D eigenvalue weighted by Gasteiger charge is -2.15. The molecule has 1 atom stereocenters. The van der Waals surface area contributed by atoms with Gasteiger partial charge in [-0.25, -0.2) is 13.2 Å². The molecule has 1 fully saturated rings. The van der Waals surface area contributed by atoms with E-state index in [1.165, 1.54) is 6.07 Å². The Balaban J connectivity index is 2.28. The molecule has 1 aromatic carbocycles. The normalized spacial score (nSPS) is 20.2. The Morgan fingerprint density at radius 1 is 1.29 bits per heavy atom. The Morgan fingerprint density at radius 3 is 2.48 bits per heavy atom. The van der Waals surface area contributed by atoms with Crippen LogP contribution in [0.5, 0.6) is 0 Å². The predicted octanol–water partition coefficient (Wildman–Crippen LogP) is 1.37. The zero-order chi connectivity index (χ0) is 15.8. The quantitative estimate of drug-likeness (QED) is 0.878. The van der Waals surface area contributed by atoms with E-state index in [0.717, 1.165) is 5.56 Å². The molecule has 1 saturated heterocycles. The number of rotatable bonds is 3. The Kier molecular flexibility index (Phi) is 4.04. The molecule has 0 spiro atoms. The van der Waals surface area contributed by atoms with Gasteiger partial charge in [0.05, 0.1) is 28.7 Å². The molecule has 1 unspecified atom stereocenters. The summed E-state index contributed by atoms with van der Waals surface area (Å²) in [5, 5.41) is 11.8. The van der Waals surface area contributed by atoms with Crippen LogP contribution in [-0.2, 0) is 14.6 Å². The van der Waals surface area contributed by atoms with Gasteiger partial charge in [-0.05, 0) is 37.5 Å². The van der Waals surface area contributed by atoms with Crippen LogP contribution in [0.4, 0.5) is 5.69 Å². The Morgan fingerprint density at radius 2 is 1.95 bits per heavy atom. The van der Waals surface area contributed by atoms with Crippen molar-refractivity contribution in [3.8, 4) is 0 Å². The molecule has 21 heavy (non-hydrogen) atoms. The summed E-state index contributed by atoms with van der Waals surface area (Å²) in [5.41, 5.74) is 1.68. The van der Waals surface area contributed by atoms with Crippen molar-refractivity contribution in [2.75, 3.05) is 16.8 Å². The van der Waals surface area contributed by atoms with Gasteiger partial charge in [0.25, 0.3) is 0 Å². The molecule has 6 nitrogen and oxygen atoms in total. The molecule has 114 valence electrons. The zero-order valence-electron chi connectivity index (χ0n) is 11.8. The number of hydrogen-bond acceptors (Lipinski definition) is 4. The van der Waals surface area contributed by atoms with Crippen LogP contribution in [-0.4, -0.2) is 36.9 Å². The van der Waals surface area contributed by atoms with Crippen LogP contribution >= 0.6 is 0 Å². The van der Waals surface area contributed by atoms with Crippen LogP contribution in [0.3, 0.4) is 0 Å². The molecule has 0 aliphatic carbocycles. The molecule has 1 amide bonds. The van der Waals surface area contributed by atoms with Crippen LogP contribution in [0.1, 0.15) is 27.9 Å². The third-order valence-corrected chi connectivity index (χ3v) is 5.33. The predicted molar refractivity (Wildman–Crippen MR) is 78.3 cm³/mol. The van der Waals surface area contributed by atoms with Crippen molar-refractivity contribution >= 4 is 27.4 Å². The van der Waals surface area contributed by atoms with E-state index in [9.17, 15) is 23.1 Å².